The van der Waals surface area contributed by atoms with E-state index in [0.717, 1.165) is 6.29 Å². The van der Waals surface area contributed by atoms with Gasteiger partial charge in [-0.05, 0) is 5.41 Å². The van der Waals surface area contributed by atoms with Gasteiger partial charge in [0.05, 0.1) is 6.61 Å². The fraction of sp³-hybridized carbons (Fsp3) is 0.857. The average molecular weight is 130 g/mol. The first-order valence-corrected chi connectivity index (χ1v) is 3.05. The van der Waals surface area contributed by atoms with Crippen LogP contribution < -0.4 is 0 Å². The molecule has 0 amide bonds. The first-order chi connectivity index (χ1) is 4.12. The maximum Gasteiger partial charge on any atom is 0.120 e. The molecule has 0 bridgehead atoms. The van der Waals surface area contributed by atoms with Gasteiger partial charge < -0.3 is 9.53 Å². The van der Waals surface area contributed by atoms with Gasteiger partial charge in [-0.2, -0.15) is 0 Å². The molecule has 0 aliphatic rings. The van der Waals surface area contributed by atoms with Crippen LogP contribution in [0.1, 0.15) is 20.3 Å². The van der Waals surface area contributed by atoms with Crippen LogP contribution in [0.2, 0.25) is 0 Å². The largest absolute Gasteiger partial charge is 0.384 e. The molecule has 2 heteroatoms. The molecule has 0 N–H and O–H groups in total. The first-order valence-electron chi connectivity index (χ1n) is 3.05. The summed E-state index contributed by atoms with van der Waals surface area (Å²) in [6.07, 6.45) is 1.50. The fourth-order valence-electron chi connectivity index (χ4n) is 0.675. The van der Waals surface area contributed by atoms with E-state index in [1.165, 1.54) is 0 Å². The molecule has 0 saturated heterocycles. The van der Waals surface area contributed by atoms with Crippen molar-refractivity contribution in [2.24, 2.45) is 5.41 Å². The van der Waals surface area contributed by atoms with Crippen molar-refractivity contribution in [1.82, 2.24) is 0 Å². The van der Waals surface area contributed by atoms with Crippen molar-refractivity contribution in [2.45, 2.75) is 20.3 Å². The van der Waals surface area contributed by atoms with Gasteiger partial charge in [-0.1, -0.05) is 13.8 Å². The second kappa shape index (κ2) is 3.62. The number of methoxy groups -OCH3 is 1. The number of hydrogen-bond donors (Lipinski definition) is 0. The van der Waals surface area contributed by atoms with Crippen molar-refractivity contribution in [3.05, 3.63) is 0 Å². The summed E-state index contributed by atoms with van der Waals surface area (Å²) in [5, 5.41) is 0. The van der Waals surface area contributed by atoms with E-state index < -0.39 is 0 Å². The Morgan fingerprint density at radius 3 is 2.44 bits per heavy atom. The van der Waals surface area contributed by atoms with Crippen molar-refractivity contribution in [3.63, 3.8) is 0 Å². The number of aldehydes is 1. The maximum absolute atomic E-state index is 10.0. The molecule has 0 unspecified atom stereocenters. The molecule has 0 aliphatic heterocycles. The van der Waals surface area contributed by atoms with E-state index in [1.54, 1.807) is 7.11 Å². The van der Waals surface area contributed by atoms with E-state index in [2.05, 4.69) is 0 Å². The van der Waals surface area contributed by atoms with Crippen LogP contribution in [0.3, 0.4) is 0 Å². The highest BCUT2D eigenvalue weighted by atomic mass is 16.5. The van der Waals surface area contributed by atoms with Gasteiger partial charge in [0, 0.05) is 13.5 Å². The van der Waals surface area contributed by atoms with Gasteiger partial charge >= 0.3 is 0 Å². The Morgan fingerprint density at radius 2 is 2.11 bits per heavy atom. The quantitative estimate of drug-likeness (QED) is 0.535. The molecule has 0 aliphatic carbocycles. The van der Waals surface area contributed by atoms with E-state index in [9.17, 15) is 4.79 Å². The molecule has 0 spiro atoms. The molecule has 0 saturated carbocycles. The van der Waals surface area contributed by atoms with Gasteiger partial charge in [-0.25, -0.2) is 0 Å². The summed E-state index contributed by atoms with van der Waals surface area (Å²) >= 11 is 0. The van der Waals surface area contributed by atoms with Crippen molar-refractivity contribution in [1.29, 1.82) is 0 Å². The van der Waals surface area contributed by atoms with E-state index in [-0.39, 0.29) is 5.41 Å². The van der Waals surface area contributed by atoms with Crippen LogP contribution in [-0.2, 0) is 9.53 Å². The smallest absolute Gasteiger partial charge is 0.120 e. The van der Waals surface area contributed by atoms with Gasteiger partial charge in [0.15, 0.2) is 0 Å². The van der Waals surface area contributed by atoms with Gasteiger partial charge in [0.25, 0.3) is 0 Å². The van der Waals surface area contributed by atoms with Crippen LogP contribution in [0.5, 0.6) is 0 Å². The highest BCUT2D eigenvalue weighted by molar-refractivity contribution is 5.50. The minimum Gasteiger partial charge on any atom is -0.384 e. The van der Waals surface area contributed by atoms with Crippen molar-refractivity contribution in [3.8, 4) is 0 Å². The zero-order valence-corrected chi connectivity index (χ0v) is 6.31. The molecule has 9 heavy (non-hydrogen) atoms. The Kier molecular flexibility index (Phi) is 3.47. The molecule has 0 radical (unpaired) electrons. The Morgan fingerprint density at radius 1 is 1.56 bits per heavy atom. The second-order valence-electron chi connectivity index (χ2n) is 2.97. The van der Waals surface area contributed by atoms with E-state index in [0.29, 0.717) is 13.0 Å². The third-order valence-corrected chi connectivity index (χ3v) is 1.17. The summed E-state index contributed by atoms with van der Waals surface area (Å²) in [7, 11) is 1.65. The van der Waals surface area contributed by atoms with Crippen LogP contribution in [-0.4, -0.2) is 20.0 Å². The number of carbonyl (C=O) groups excluding carboxylic acids is 1. The average Bonchev–Trinajstić information content (AvgIpc) is 1.64. The van der Waals surface area contributed by atoms with Crippen LogP contribution in [0.15, 0.2) is 0 Å². The predicted molar refractivity (Wildman–Crippen MR) is 36.3 cm³/mol. The van der Waals surface area contributed by atoms with E-state index in [1.807, 2.05) is 13.8 Å². The second-order valence-corrected chi connectivity index (χ2v) is 2.97. The van der Waals surface area contributed by atoms with E-state index in [4.69, 9.17) is 4.74 Å². The molecule has 0 aromatic rings. The normalized spacial score (nSPS) is 11.4. The Balaban J connectivity index is 3.55. The molecule has 0 aromatic heterocycles. The lowest BCUT2D eigenvalue weighted by Gasteiger charge is -2.19. The molecule has 0 heterocycles. The maximum atomic E-state index is 10.0. The SMILES string of the molecule is COCC(C)(C)CC=O. The van der Waals surface area contributed by atoms with E-state index >= 15 is 0 Å². The number of hydrogen-bond acceptors (Lipinski definition) is 2. The molecule has 2 nitrogen and oxygen atoms in total. The van der Waals surface area contributed by atoms with Crippen LogP contribution in [0.4, 0.5) is 0 Å². The summed E-state index contributed by atoms with van der Waals surface area (Å²) in [6.45, 7) is 4.65. The summed E-state index contributed by atoms with van der Waals surface area (Å²) in [4.78, 5) is 10.0. The molecule has 0 rings (SSSR count). The van der Waals surface area contributed by atoms with Crippen LogP contribution >= 0.6 is 0 Å². The zero-order valence-electron chi connectivity index (χ0n) is 6.31. The monoisotopic (exact) mass is 130 g/mol. The number of rotatable bonds is 4. The highest BCUT2D eigenvalue weighted by Gasteiger charge is 2.15. The van der Waals surface area contributed by atoms with Gasteiger partial charge in [0.1, 0.15) is 6.29 Å². The zero-order chi connectivity index (χ0) is 7.33. The minimum absolute atomic E-state index is 0.0104. The third kappa shape index (κ3) is 4.15. The van der Waals surface area contributed by atoms with Crippen LogP contribution in [0.25, 0.3) is 0 Å². The van der Waals surface area contributed by atoms with Crippen molar-refractivity contribution in [2.75, 3.05) is 13.7 Å². The topological polar surface area (TPSA) is 26.3 Å². The number of carbonyl (C=O) groups is 1. The summed E-state index contributed by atoms with van der Waals surface area (Å²) < 4.78 is 4.90. The van der Waals surface area contributed by atoms with Crippen molar-refractivity contribution < 1.29 is 9.53 Å². The molecule has 54 valence electrons. The Hall–Kier alpha value is -0.370. The lowest BCUT2D eigenvalue weighted by atomic mass is 9.91. The third-order valence-electron chi connectivity index (χ3n) is 1.17. The molecule has 0 aromatic carbocycles. The standard InChI is InChI=1S/C7H14O2/c1-7(2,4-5-8)6-9-3/h5H,4,6H2,1-3H3. The van der Waals surface area contributed by atoms with Gasteiger partial charge in [0.2, 0.25) is 0 Å². The minimum atomic E-state index is 0.0104. The lowest BCUT2D eigenvalue weighted by Crippen LogP contribution is -2.18. The number of ether oxygens (including phenoxy) is 1. The van der Waals surface area contributed by atoms with Crippen molar-refractivity contribution >= 4 is 6.29 Å². The van der Waals surface area contributed by atoms with Gasteiger partial charge in [-0.3, -0.25) is 0 Å². The molecular formula is C7H14O2. The summed E-state index contributed by atoms with van der Waals surface area (Å²) in [5.74, 6) is 0. The predicted octanol–water partition coefficient (Wildman–Crippen LogP) is 1.25. The molecule has 0 atom stereocenters. The first kappa shape index (κ1) is 8.63. The lowest BCUT2D eigenvalue weighted by molar-refractivity contribution is -0.110. The molecule has 0 fully saturated rings. The summed E-state index contributed by atoms with van der Waals surface area (Å²) in [5.41, 5.74) is 0.0104. The Labute approximate surface area is 56.2 Å². The Bertz CT molecular complexity index is 86.9. The fourth-order valence-corrected chi connectivity index (χ4v) is 0.675. The highest BCUT2D eigenvalue weighted by Crippen LogP contribution is 2.17. The van der Waals surface area contributed by atoms with Gasteiger partial charge in [-0.15, -0.1) is 0 Å². The van der Waals surface area contributed by atoms with Crippen LogP contribution in [0, 0.1) is 5.41 Å². The summed E-state index contributed by atoms with van der Waals surface area (Å²) in [6, 6.07) is 0. The molecular weight excluding hydrogens is 116 g/mol.